The molecule has 0 fully saturated rings. The van der Waals surface area contributed by atoms with Crippen LogP contribution < -0.4 is 0 Å². The van der Waals surface area contributed by atoms with E-state index in [-0.39, 0.29) is 0 Å². The first-order valence-electron chi connectivity index (χ1n) is 10.4. The summed E-state index contributed by atoms with van der Waals surface area (Å²) in [7, 11) is -3.33. The van der Waals surface area contributed by atoms with Gasteiger partial charge in [-0.3, -0.25) is 20.0 Å². The quantitative estimate of drug-likeness (QED) is 0.265. The van der Waals surface area contributed by atoms with Gasteiger partial charge in [0.1, 0.15) is 0 Å². The Balaban J connectivity index is 1.66. The zero-order valence-electron chi connectivity index (χ0n) is 18.2. The van der Waals surface area contributed by atoms with Gasteiger partial charge in [-0.25, -0.2) is 0 Å². The van der Waals surface area contributed by atoms with Crippen LogP contribution in [0.2, 0.25) is 38.3 Å². The van der Waals surface area contributed by atoms with Gasteiger partial charge in [0.2, 0.25) is 0 Å². The van der Waals surface area contributed by atoms with E-state index in [9.17, 15) is 0 Å². The molecular weight excluding hydrogens is 392 g/mol. The molecule has 0 unspecified atom stereocenters. The van der Waals surface area contributed by atoms with Crippen molar-refractivity contribution in [3.63, 3.8) is 0 Å². The second-order valence-electron chi connectivity index (χ2n) is 8.41. The van der Waals surface area contributed by atoms with Gasteiger partial charge in [0.05, 0.1) is 11.4 Å². The van der Waals surface area contributed by atoms with Crippen LogP contribution in [-0.4, -0.2) is 52.1 Å². The van der Waals surface area contributed by atoms with Crippen molar-refractivity contribution in [1.82, 2.24) is 9.97 Å². The Morgan fingerprint density at radius 2 is 1.21 bits per heavy atom. The van der Waals surface area contributed by atoms with Crippen molar-refractivity contribution in [3.8, 4) is 0 Å². The van der Waals surface area contributed by atoms with Crippen molar-refractivity contribution in [2.75, 3.05) is 13.1 Å². The third kappa shape index (κ3) is 10.4. The summed E-state index contributed by atoms with van der Waals surface area (Å²) in [6.07, 6.45) is 9.45. The average Bonchev–Trinajstić information content (AvgIpc) is 2.68. The van der Waals surface area contributed by atoms with Gasteiger partial charge in [0.15, 0.2) is 16.6 Å². The molecule has 0 aromatic carbocycles. The lowest BCUT2D eigenvalue weighted by atomic mass is 10.4. The highest BCUT2D eigenvalue weighted by atomic mass is 28.4. The summed E-state index contributed by atoms with van der Waals surface area (Å²) < 4.78 is 6.70. The average molecular weight is 427 g/mol. The van der Waals surface area contributed by atoms with Crippen LogP contribution in [0.15, 0.2) is 58.8 Å². The lowest BCUT2D eigenvalue weighted by Crippen LogP contribution is -2.44. The van der Waals surface area contributed by atoms with Crippen LogP contribution in [0, 0.1) is 0 Å². The molecule has 0 saturated heterocycles. The molecule has 0 saturated carbocycles. The molecule has 0 N–H and O–H groups in total. The van der Waals surface area contributed by atoms with Crippen LogP contribution in [0.3, 0.4) is 0 Å². The van der Waals surface area contributed by atoms with Crippen molar-refractivity contribution in [2.45, 2.75) is 51.1 Å². The Morgan fingerprint density at radius 1 is 0.759 bits per heavy atom. The minimum Gasteiger partial charge on any atom is -0.455 e. The lowest BCUT2D eigenvalue weighted by Gasteiger charge is -2.34. The molecule has 0 atom stereocenters. The summed E-state index contributed by atoms with van der Waals surface area (Å²) in [5, 5.41) is 0. The molecule has 2 heterocycles. The standard InChI is InChI=1S/C22H34N4OSi2/c1-28(2,17-9-13-23-19-21-11-5-7-15-25-21)27-29(3,4)18-10-14-24-20-22-12-6-8-16-26-22/h5-8,11-12,15-16,19-20H,9-10,13-14,17-18H2,1-4H3. The molecule has 156 valence electrons. The number of hydrogen-bond acceptors (Lipinski definition) is 5. The zero-order valence-corrected chi connectivity index (χ0v) is 20.2. The van der Waals surface area contributed by atoms with Gasteiger partial charge < -0.3 is 4.12 Å². The maximum Gasteiger partial charge on any atom is 0.173 e. The van der Waals surface area contributed by atoms with Gasteiger partial charge in [-0.2, -0.15) is 0 Å². The smallest absolute Gasteiger partial charge is 0.173 e. The fourth-order valence-corrected chi connectivity index (χ4v) is 12.1. The number of rotatable bonds is 12. The SMILES string of the molecule is C[Si](C)(CCCN=Cc1ccccn1)O[Si](C)(C)CCCN=Cc1ccccn1. The topological polar surface area (TPSA) is 59.7 Å². The Bertz CT molecular complexity index is 699. The van der Waals surface area contributed by atoms with E-state index in [0.717, 1.165) is 49.4 Å². The molecule has 29 heavy (non-hydrogen) atoms. The van der Waals surface area contributed by atoms with Crippen LogP contribution in [0.1, 0.15) is 24.2 Å². The molecule has 2 rings (SSSR count). The van der Waals surface area contributed by atoms with E-state index in [4.69, 9.17) is 4.12 Å². The molecule has 0 aliphatic rings. The number of hydrogen-bond donors (Lipinski definition) is 0. The first kappa shape index (κ1) is 23.3. The third-order valence-electron chi connectivity index (χ3n) is 4.51. The number of nitrogens with zero attached hydrogens (tertiary/aromatic N) is 4. The minimum absolute atomic E-state index is 0.834. The molecule has 0 aliphatic heterocycles. The highest BCUT2D eigenvalue weighted by molar-refractivity contribution is 6.84. The summed E-state index contributed by atoms with van der Waals surface area (Å²) >= 11 is 0. The Morgan fingerprint density at radius 3 is 1.59 bits per heavy atom. The number of pyridine rings is 2. The third-order valence-corrected chi connectivity index (χ3v) is 12.0. The Kier molecular flexibility index (Phi) is 9.56. The normalized spacial score (nSPS) is 12.8. The fourth-order valence-electron chi connectivity index (χ4n) is 3.26. The fraction of sp³-hybridized carbons (Fsp3) is 0.455. The summed E-state index contributed by atoms with van der Waals surface area (Å²) in [6, 6.07) is 14.0. The van der Waals surface area contributed by atoms with Gasteiger partial charge in [-0.1, -0.05) is 12.1 Å². The van der Waals surface area contributed by atoms with Gasteiger partial charge >= 0.3 is 0 Å². The van der Waals surface area contributed by atoms with E-state index in [1.807, 2.05) is 48.8 Å². The van der Waals surface area contributed by atoms with Crippen LogP contribution in [0.4, 0.5) is 0 Å². The summed E-state index contributed by atoms with van der Waals surface area (Å²) in [4.78, 5) is 17.5. The van der Waals surface area contributed by atoms with E-state index >= 15 is 0 Å². The first-order chi connectivity index (χ1) is 13.9. The van der Waals surface area contributed by atoms with Crippen LogP contribution in [-0.2, 0) is 4.12 Å². The van der Waals surface area contributed by atoms with Crippen molar-refractivity contribution in [3.05, 3.63) is 60.2 Å². The largest absolute Gasteiger partial charge is 0.455 e. The lowest BCUT2D eigenvalue weighted by molar-refractivity contribution is 0.531. The monoisotopic (exact) mass is 426 g/mol. The van der Waals surface area contributed by atoms with E-state index in [1.54, 1.807) is 12.4 Å². The number of aliphatic imine (C=N–C) groups is 2. The van der Waals surface area contributed by atoms with Gasteiger partial charge in [0.25, 0.3) is 0 Å². The highest BCUT2D eigenvalue weighted by Gasteiger charge is 2.32. The van der Waals surface area contributed by atoms with Gasteiger partial charge in [-0.05, 0) is 75.4 Å². The predicted octanol–water partition coefficient (Wildman–Crippen LogP) is 5.22. The summed E-state index contributed by atoms with van der Waals surface area (Å²) in [5.74, 6) is 0. The molecular formula is C22H34N4OSi2. The predicted molar refractivity (Wildman–Crippen MR) is 128 cm³/mol. The van der Waals surface area contributed by atoms with Crippen molar-refractivity contribution in [2.24, 2.45) is 9.98 Å². The van der Waals surface area contributed by atoms with Crippen LogP contribution in [0.5, 0.6) is 0 Å². The molecule has 2 aromatic heterocycles. The van der Waals surface area contributed by atoms with Gasteiger partial charge in [-0.15, -0.1) is 0 Å². The highest BCUT2D eigenvalue weighted by Crippen LogP contribution is 2.23. The maximum absolute atomic E-state index is 6.70. The Labute approximate surface area is 177 Å². The van der Waals surface area contributed by atoms with Crippen molar-refractivity contribution < 1.29 is 4.12 Å². The van der Waals surface area contributed by atoms with Crippen molar-refractivity contribution in [1.29, 1.82) is 0 Å². The maximum atomic E-state index is 6.70. The van der Waals surface area contributed by atoms with E-state index in [2.05, 4.69) is 46.1 Å². The molecule has 7 heteroatoms. The van der Waals surface area contributed by atoms with E-state index in [1.165, 1.54) is 0 Å². The second-order valence-corrected chi connectivity index (χ2v) is 17.3. The summed E-state index contributed by atoms with van der Waals surface area (Å²) in [5.41, 5.74) is 1.83. The molecule has 0 radical (unpaired) electrons. The molecule has 0 amide bonds. The van der Waals surface area contributed by atoms with Crippen molar-refractivity contribution >= 4 is 29.1 Å². The Hall–Kier alpha value is -1.97. The van der Waals surface area contributed by atoms with Crippen LogP contribution >= 0.6 is 0 Å². The van der Waals surface area contributed by atoms with E-state index < -0.39 is 16.6 Å². The number of aromatic nitrogens is 2. The minimum atomic E-state index is -1.67. The molecule has 0 spiro atoms. The second kappa shape index (κ2) is 11.9. The first-order valence-corrected chi connectivity index (χ1v) is 16.6. The molecule has 2 aromatic rings. The zero-order chi connectivity index (χ0) is 21.0. The molecule has 0 aliphatic carbocycles. The van der Waals surface area contributed by atoms with E-state index in [0.29, 0.717) is 0 Å². The molecule has 5 nitrogen and oxygen atoms in total. The van der Waals surface area contributed by atoms with Crippen LogP contribution in [0.25, 0.3) is 0 Å². The van der Waals surface area contributed by atoms with Gasteiger partial charge in [0, 0.05) is 37.9 Å². The summed E-state index contributed by atoms with van der Waals surface area (Å²) in [6.45, 7) is 11.0. The molecule has 0 bridgehead atoms.